The van der Waals surface area contributed by atoms with E-state index >= 15 is 0 Å². The van der Waals surface area contributed by atoms with Gasteiger partial charge in [0.05, 0.1) is 23.7 Å². The number of nitrogens with one attached hydrogen (secondary N) is 1. The minimum Gasteiger partial charge on any atom is -0.478 e. The SMILES string of the molecule is O=C(O)c1cccc(-c2cncc(OC3CCNC3)n2)c1. The highest BCUT2D eigenvalue weighted by Crippen LogP contribution is 2.21. The fourth-order valence-electron chi connectivity index (χ4n) is 2.26. The third-order valence-corrected chi connectivity index (χ3v) is 3.32. The van der Waals surface area contributed by atoms with Crippen LogP contribution in [0.4, 0.5) is 0 Å². The van der Waals surface area contributed by atoms with Crippen molar-refractivity contribution in [3.8, 4) is 17.1 Å². The van der Waals surface area contributed by atoms with Gasteiger partial charge >= 0.3 is 5.97 Å². The number of carboxylic acids is 1. The zero-order valence-electron chi connectivity index (χ0n) is 11.3. The number of rotatable bonds is 4. The Kier molecular flexibility index (Phi) is 3.79. The maximum atomic E-state index is 11.0. The molecule has 0 saturated carbocycles. The van der Waals surface area contributed by atoms with Crippen molar-refractivity contribution in [1.82, 2.24) is 15.3 Å². The Bertz CT molecular complexity index is 654. The molecule has 2 N–H and O–H groups in total. The number of ether oxygens (including phenoxy) is 1. The first-order chi connectivity index (χ1) is 10.2. The van der Waals surface area contributed by atoms with E-state index in [9.17, 15) is 4.79 Å². The smallest absolute Gasteiger partial charge is 0.335 e. The summed E-state index contributed by atoms with van der Waals surface area (Å²) >= 11 is 0. The Hall–Kier alpha value is -2.47. The summed E-state index contributed by atoms with van der Waals surface area (Å²) in [5.74, 6) is -0.504. The van der Waals surface area contributed by atoms with Gasteiger partial charge in [-0.2, -0.15) is 0 Å². The molecule has 21 heavy (non-hydrogen) atoms. The molecule has 0 bridgehead atoms. The van der Waals surface area contributed by atoms with E-state index in [1.807, 2.05) is 0 Å². The maximum absolute atomic E-state index is 11.0. The van der Waals surface area contributed by atoms with E-state index in [2.05, 4.69) is 15.3 Å². The van der Waals surface area contributed by atoms with Crippen LogP contribution in [-0.2, 0) is 0 Å². The summed E-state index contributed by atoms with van der Waals surface area (Å²) in [6, 6.07) is 6.61. The second-order valence-corrected chi connectivity index (χ2v) is 4.86. The monoisotopic (exact) mass is 285 g/mol. The van der Waals surface area contributed by atoms with Gasteiger partial charge in [-0.1, -0.05) is 12.1 Å². The highest BCUT2D eigenvalue weighted by atomic mass is 16.5. The van der Waals surface area contributed by atoms with Gasteiger partial charge in [-0.25, -0.2) is 9.78 Å². The molecule has 1 aliphatic rings. The van der Waals surface area contributed by atoms with E-state index in [4.69, 9.17) is 9.84 Å². The summed E-state index contributed by atoms with van der Waals surface area (Å²) in [6.45, 7) is 1.75. The second-order valence-electron chi connectivity index (χ2n) is 4.86. The lowest BCUT2D eigenvalue weighted by molar-refractivity contribution is 0.0697. The molecule has 108 valence electrons. The number of benzene rings is 1. The Labute approximate surface area is 121 Å². The fraction of sp³-hybridized carbons (Fsp3) is 0.267. The third kappa shape index (κ3) is 3.17. The molecule has 1 saturated heterocycles. The summed E-state index contributed by atoms with van der Waals surface area (Å²) in [4.78, 5) is 19.5. The zero-order valence-corrected chi connectivity index (χ0v) is 11.3. The molecule has 6 heteroatoms. The highest BCUT2D eigenvalue weighted by molar-refractivity contribution is 5.89. The van der Waals surface area contributed by atoms with Gasteiger partial charge in [-0.15, -0.1) is 0 Å². The quantitative estimate of drug-likeness (QED) is 0.887. The number of nitrogens with zero attached hydrogens (tertiary/aromatic N) is 2. The van der Waals surface area contributed by atoms with Crippen LogP contribution < -0.4 is 10.1 Å². The largest absolute Gasteiger partial charge is 0.478 e. The highest BCUT2D eigenvalue weighted by Gasteiger charge is 2.17. The Morgan fingerprint density at radius 3 is 3.05 bits per heavy atom. The first kappa shape index (κ1) is 13.5. The number of hydrogen-bond donors (Lipinski definition) is 2. The van der Waals surface area contributed by atoms with Crippen molar-refractivity contribution in [3.05, 3.63) is 42.2 Å². The van der Waals surface area contributed by atoms with Gasteiger partial charge in [-0.3, -0.25) is 4.98 Å². The summed E-state index contributed by atoms with van der Waals surface area (Å²) in [5, 5.41) is 12.3. The van der Waals surface area contributed by atoms with Gasteiger partial charge in [0.1, 0.15) is 6.10 Å². The predicted octanol–water partition coefficient (Wildman–Crippen LogP) is 1.58. The van der Waals surface area contributed by atoms with Gasteiger partial charge in [-0.05, 0) is 25.1 Å². The molecule has 1 fully saturated rings. The Balaban J connectivity index is 1.85. The molecule has 1 aromatic carbocycles. The van der Waals surface area contributed by atoms with Crippen molar-refractivity contribution in [1.29, 1.82) is 0 Å². The van der Waals surface area contributed by atoms with Crippen molar-refractivity contribution in [2.75, 3.05) is 13.1 Å². The predicted molar refractivity (Wildman–Crippen MR) is 76.3 cm³/mol. The molecular formula is C15H15N3O3. The molecule has 2 heterocycles. The van der Waals surface area contributed by atoms with E-state index in [1.165, 1.54) is 0 Å². The molecule has 0 spiro atoms. The lowest BCUT2D eigenvalue weighted by Gasteiger charge is -2.11. The van der Waals surface area contributed by atoms with Gasteiger partial charge < -0.3 is 15.2 Å². The van der Waals surface area contributed by atoms with Crippen molar-refractivity contribution in [2.24, 2.45) is 0 Å². The van der Waals surface area contributed by atoms with E-state index < -0.39 is 5.97 Å². The van der Waals surface area contributed by atoms with Crippen LogP contribution >= 0.6 is 0 Å². The number of aromatic carboxylic acids is 1. The van der Waals surface area contributed by atoms with Crippen LogP contribution in [0.25, 0.3) is 11.3 Å². The molecule has 0 aliphatic carbocycles. The Morgan fingerprint density at radius 2 is 2.29 bits per heavy atom. The summed E-state index contributed by atoms with van der Waals surface area (Å²) in [5.41, 5.74) is 1.53. The summed E-state index contributed by atoms with van der Waals surface area (Å²) in [6.07, 6.45) is 4.23. The number of carboxylic acid groups (broad SMARTS) is 1. The first-order valence-electron chi connectivity index (χ1n) is 6.75. The molecule has 2 aromatic rings. The number of aromatic nitrogens is 2. The number of carbonyl (C=O) groups is 1. The second kappa shape index (κ2) is 5.88. The van der Waals surface area contributed by atoms with Crippen molar-refractivity contribution in [3.63, 3.8) is 0 Å². The zero-order chi connectivity index (χ0) is 14.7. The van der Waals surface area contributed by atoms with E-state index in [-0.39, 0.29) is 11.7 Å². The molecule has 6 nitrogen and oxygen atoms in total. The van der Waals surface area contributed by atoms with Crippen molar-refractivity contribution >= 4 is 5.97 Å². The lowest BCUT2D eigenvalue weighted by atomic mass is 10.1. The molecular weight excluding hydrogens is 270 g/mol. The Morgan fingerprint density at radius 1 is 1.38 bits per heavy atom. The fourth-order valence-corrected chi connectivity index (χ4v) is 2.26. The van der Waals surface area contributed by atoms with Crippen LogP contribution in [0, 0.1) is 0 Å². The van der Waals surface area contributed by atoms with Crippen LogP contribution in [0.2, 0.25) is 0 Å². The van der Waals surface area contributed by atoms with Gasteiger partial charge in [0.2, 0.25) is 5.88 Å². The van der Waals surface area contributed by atoms with Gasteiger partial charge in [0.25, 0.3) is 0 Å². The first-order valence-corrected chi connectivity index (χ1v) is 6.75. The molecule has 0 amide bonds. The molecule has 1 aliphatic heterocycles. The third-order valence-electron chi connectivity index (χ3n) is 3.32. The van der Waals surface area contributed by atoms with E-state index in [1.54, 1.807) is 36.7 Å². The molecule has 1 aromatic heterocycles. The molecule has 1 atom stereocenters. The molecule has 0 radical (unpaired) electrons. The topological polar surface area (TPSA) is 84.3 Å². The van der Waals surface area contributed by atoms with Crippen LogP contribution in [0.1, 0.15) is 16.8 Å². The normalized spacial score (nSPS) is 17.6. The van der Waals surface area contributed by atoms with Crippen molar-refractivity contribution in [2.45, 2.75) is 12.5 Å². The average Bonchev–Trinajstić information content (AvgIpc) is 3.00. The van der Waals surface area contributed by atoms with Crippen LogP contribution in [0.15, 0.2) is 36.7 Å². The van der Waals surface area contributed by atoms with Crippen LogP contribution in [0.3, 0.4) is 0 Å². The molecule has 3 rings (SSSR count). The maximum Gasteiger partial charge on any atom is 0.335 e. The summed E-state index contributed by atoms with van der Waals surface area (Å²) < 4.78 is 5.76. The molecule has 1 unspecified atom stereocenters. The minimum absolute atomic E-state index is 0.111. The van der Waals surface area contributed by atoms with E-state index in [0.717, 1.165) is 19.5 Å². The standard InChI is InChI=1S/C15H15N3O3/c19-15(20)11-3-1-2-10(6-11)13-8-17-9-14(18-13)21-12-4-5-16-7-12/h1-3,6,8-9,12,16H,4-5,7H2,(H,19,20). The van der Waals surface area contributed by atoms with E-state index in [0.29, 0.717) is 17.1 Å². The van der Waals surface area contributed by atoms with Gasteiger partial charge in [0, 0.05) is 12.1 Å². The van der Waals surface area contributed by atoms with Gasteiger partial charge in [0.15, 0.2) is 0 Å². The lowest BCUT2D eigenvalue weighted by Crippen LogP contribution is -2.20. The minimum atomic E-state index is -0.964. The van der Waals surface area contributed by atoms with Crippen molar-refractivity contribution < 1.29 is 14.6 Å². The number of hydrogen-bond acceptors (Lipinski definition) is 5. The summed E-state index contributed by atoms with van der Waals surface area (Å²) in [7, 11) is 0. The van der Waals surface area contributed by atoms with Crippen LogP contribution in [0.5, 0.6) is 5.88 Å². The van der Waals surface area contributed by atoms with Crippen LogP contribution in [-0.4, -0.2) is 40.2 Å². The average molecular weight is 285 g/mol.